The van der Waals surface area contributed by atoms with Crippen LogP contribution in [0.15, 0.2) is 12.4 Å². The summed E-state index contributed by atoms with van der Waals surface area (Å²) in [4.78, 5) is 18.4. The van der Waals surface area contributed by atoms with Crippen molar-refractivity contribution < 1.29 is 14.6 Å². The van der Waals surface area contributed by atoms with E-state index in [1.807, 2.05) is 0 Å². The third-order valence-electron chi connectivity index (χ3n) is 2.92. The Bertz CT molecular complexity index is 387. The number of carboxylic acid groups (broad SMARTS) is 1. The van der Waals surface area contributed by atoms with E-state index in [9.17, 15) is 4.79 Å². The molecule has 1 aliphatic rings. The van der Waals surface area contributed by atoms with Crippen LogP contribution in [0.5, 0.6) is 0 Å². The summed E-state index contributed by atoms with van der Waals surface area (Å²) in [7, 11) is 0. The molecule has 1 fully saturated rings. The van der Waals surface area contributed by atoms with Crippen molar-refractivity contribution in [2.45, 2.75) is 19.4 Å². The van der Waals surface area contributed by atoms with Gasteiger partial charge in [-0.25, -0.2) is 14.8 Å². The lowest BCUT2D eigenvalue weighted by atomic mass is 10.0. The van der Waals surface area contributed by atoms with Gasteiger partial charge in [-0.2, -0.15) is 0 Å². The monoisotopic (exact) mass is 237 g/mol. The van der Waals surface area contributed by atoms with Crippen LogP contribution in [0.25, 0.3) is 0 Å². The molecule has 0 amide bonds. The number of anilines is 1. The third-order valence-corrected chi connectivity index (χ3v) is 2.92. The van der Waals surface area contributed by atoms with Gasteiger partial charge in [0.15, 0.2) is 5.69 Å². The Morgan fingerprint density at radius 2 is 2.41 bits per heavy atom. The van der Waals surface area contributed by atoms with Crippen LogP contribution in [-0.4, -0.2) is 40.3 Å². The molecule has 0 radical (unpaired) electrons. The average molecular weight is 237 g/mol. The first-order valence-corrected chi connectivity index (χ1v) is 5.56. The van der Waals surface area contributed by atoms with Crippen LogP contribution < -0.4 is 5.32 Å². The minimum Gasteiger partial charge on any atom is -0.476 e. The lowest BCUT2D eigenvalue weighted by molar-refractivity contribution is 0.0690. The second kappa shape index (κ2) is 5.09. The number of aromatic nitrogens is 2. The summed E-state index contributed by atoms with van der Waals surface area (Å²) < 4.78 is 5.31. The largest absolute Gasteiger partial charge is 0.476 e. The summed E-state index contributed by atoms with van der Waals surface area (Å²) in [6.07, 6.45) is 3.73. The van der Waals surface area contributed by atoms with Crippen LogP contribution in [0.4, 0.5) is 5.82 Å². The number of aromatic carboxylic acids is 1. The third kappa shape index (κ3) is 2.91. The van der Waals surface area contributed by atoms with Gasteiger partial charge in [-0.1, -0.05) is 0 Å². The molecule has 17 heavy (non-hydrogen) atoms. The second-order valence-electron chi connectivity index (χ2n) is 4.15. The summed E-state index contributed by atoms with van der Waals surface area (Å²) in [5, 5.41) is 11.9. The van der Waals surface area contributed by atoms with E-state index >= 15 is 0 Å². The summed E-state index contributed by atoms with van der Waals surface area (Å²) in [5.74, 6) is -0.00774. The van der Waals surface area contributed by atoms with Gasteiger partial charge >= 0.3 is 5.97 Å². The number of hydrogen-bond acceptors (Lipinski definition) is 5. The molecule has 0 bridgehead atoms. The highest BCUT2D eigenvalue weighted by molar-refractivity contribution is 5.84. The lowest BCUT2D eigenvalue weighted by Crippen LogP contribution is -2.26. The van der Waals surface area contributed by atoms with Gasteiger partial charge in [-0.05, 0) is 13.3 Å². The predicted octanol–water partition coefficient (Wildman–Crippen LogP) is 1.01. The van der Waals surface area contributed by atoms with Gasteiger partial charge in [0.2, 0.25) is 0 Å². The van der Waals surface area contributed by atoms with Gasteiger partial charge in [0.25, 0.3) is 0 Å². The van der Waals surface area contributed by atoms with Gasteiger partial charge in [-0.15, -0.1) is 0 Å². The van der Waals surface area contributed by atoms with Crippen LogP contribution in [-0.2, 0) is 4.74 Å². The summed E-state index contributed by atoms with van der Waals surface area (Å²) in [5.41, 5.74) is -0.0487. The summed E-state index contributed by atoms with van der Waals surface area (Å²) in [6, 6.07) is 0.238. The molecule has 92 valence electrons. The molecular formula is C11H15N3O3. The van der Waals surface area contributed by atoms with E-state index in [0.717, 1.165) is 19.6 Å². The molecule has 0 aliphatic carbocycles. The number of rotatable bonds is 4. The lowest BCUT2D eigenvalue weighted by Gasteiger charge is -2.19. The molecular weight excluding hydrogens is 222 g/mol. The Hall–Kier alpha value is -1.69. The smallest absolute Gasteiger partial charge is 0.356 e. The highest BCUT2D eigenvalue weighted by Gasteiger charge is 2.22. The van der Waals surface area contributed by atoms with E-state index in [1.54, 1.807) is 0 Å². The van der Waals surface area contributed by atoms with Crippen LogP contribution in [0.2, 0.25) is 0 Å². The van der Waals surface area contributed by atoms with Crippen molar-refractivity contribution in [1.29, 1.82) is 0 Å². The number of nitrogens with zero attached hydrogens (tertiary/aromatic N) is 2. The predicted molar refractivity (Wildman–Crippen MR) is 61.0 cm³/mol. The molecule has 2 N–H and O–H groups in total. The van der Waals surface area contributed by atoms with E-state index in [-0.39, 0.29) is 11.7 Å². The molecule has 0 saturated carbocycles. The fraction of sp³-hybridized carbons (Fsp3) is 0.545. The maximum atomic E-state index is 10.6. The quantitative estimate of drug-likeness (QED) is 0.813. The number of ether oxygens (including phenoxy) is 1. The first-order valence-electron chi connectivity index (χ1n) is 5.56. The molecule has 0 aromatic carbocycles. The van der Waals surface area contributed by atoms with E-state index in [1.165, 1.54) is 12.4 Å². The van der Waals surface area contributed by atoms with Crippen molar-refractivity contribution in [3.05, 3.63) is 18.1 Å². The molecule has 1 aromatic rings. The van der Waals surface area contributed by atoms with Crippen molar-refractivity contribution in [3.63, 3.8) is 0 Å². The van der Waals surface area contributed by atoms with Crippen molar-refractivity contribution in [2.75, 3.05) is 18.5 Å². The fourth-order valence-electron chi connectivity index (χ4n) is 1.81. The number of carbonyl (C=O) groups is 1. The molecule has 1 aliphatic heterocycles. The molecule has 0 spiro atoms. The molecule has 2 atom stereocenters. The molecule has 6 heteroatoms. The molecule has 1 aromatic heterocycles. The van der Waals surface area contributed by atoms with Crippen molar-refractivity contribution in [1.82, 2.24) is 9.97 Å². The Kier molecular flexibility index (Phi) is 3.53. The topological polar surface area (TPSA) is 84.3 Å². The van der Waals surface area contributed by atoms with Gasteiger partial charge in [-0.3, -0.25) is 0 Å². The van der Waals surface area contributed by atoms with Crippen LogP contribution >= 0.6 is 0 Å². The van der Waals surface area contributed by atoms with Gasteiger partial charge < -0.3 is 15.2 Å². The first-order chi connectivity index (χ1) is 8.16. The minimum atomic E-state index is -1.07. The zero-order chi connectivity index (χ0) is 12.3. The van der Waals surface area contributed by atoms with Gasteiger partial charge in [0, 0.05) is 18.6 Å². The Morgan fingerprint density at radius 3 is 2.94 bits per heavy atom. The molecule has 2 rings (SSSR count). The zero-order valence-corrected chi connectivity index (χ0v) is 9.59. The van der Waals surface area contributed by atoms with E-state index < -0.39 is 5.97 Å². The van der Waals surface area contributed by atoms with Crippen molar-refractivity contribution in [2.24, 2.45) is 5.92 Å². The van der Waals surface area contributed by atoms with E-state index in [2.05, 4.69) is 22.2 Å². The van der Waals surface area contributed by atoms with Crippen LogP contribution in [0.1, 0.15) is 23.8 Å². The zero-order valence-electron chi connectivity index (χ0n) is 9.59. The molecule has 6 nitrogen and oxygen atoms in total. The summed E-state index contributed by atoms with van der Waals surface area (Å²) >= 11 is 0. The number of carboxylic acids is 1. The second-order valence-corrected chi connectivity index (χ2v) is 4.15. The fourth-order valence-corrected chi connectivity index (χ4v) is 1.81. The van der Waals surface area contributed by atoms with E-state index in [0.29, 0.717) is 11.7 Å². The Balaban J connectivity index is 1.96. The van der Waals surface area contributed by atoms with Crippen molar-refractivity contribution in [3.8, 4) is 0 Å². The van der Waals surface area contributed by atoms with Gasteiger partial charge in [0.1, 0.15) is 5.82 Å². The number of nitrogens with one attached hydrogen (secondary N) is 1. The SMILES string of the molecule is CC(Nc1cnc(C(=O)O)cn1)C1CCOC1. The first kappa shape index (κ1) is 11.8. The Labute approximate surface area is 99.0 Å². The molecule has 1 saturated heterocycles. The molecule has 2 heterocycles. The molecule has 2 unspecified atom stereocenters. The van der Waals surface area contributed by atoms with Crippen LogP contribution in [0, 0.1) is 5.92 Å². The van der Waals surface area contributed by atoms with Gasteiger partial charge in [0.05, 0.1) is 19.0 Å². The standard InChI is InChI=1S/C11H15N3O3/c1-7(8-2-3-17-6-8)14-10-5-12-9(4-13-10)11(15)16/h4-5,7-8H,2-3,6H2,1H3,(H,13,14)(H,15,16). The van der Waals surface area contributed by atoms with E-state index in [4.69, 9.17) is 9.84 Å². The number of hydrogen-bond donors (Lipinski definition) is 2. The Morgan fingerprint density at radius 1 is 1.59 bits per heavy atom. The maximum absolute atomic E-state index is 10.6. The average Bonchev–Trinajstić information content (AvgIpc) is 2.83. The van der Waals surface area contributed by atoms with Crippen LogP contribution in [0.3, 0.4) is 0 Å². The minimum absolute atomic E-state index is 0.0487. The normalized spacial score (nSPS) is 21.1. The summed E-state index contributed by atoms with van der Waals surface area (Å²) in [6.45, 7) is 3.63. The maximum Gasteiger partial charge on any atom is 0.356 e. The highest BCUT2D eigenvalue weighted by atomic mass is 16.5. The van der Waals surface area contributed by atoms with Crippen molar-refractivity contribution >= 4 is 11.8 Å². The highest BCUT2D eigenvalue weighted by Crippen LogP contribution is 2.19.